The second kappa shape index (κ2) is 11.4. The van der Waals surface area contributed by atoms with Crippen molar-refractivity contribution < 1.29 is 19.1 Å². The van der Waals surface area contributed by atoms with Gasteiger partial charge in [-0.15, -0.1) is 0 Å². The molecular formula is C26H28N4O5. The Bertz CT molecular complexity index is 1180. The van der Waals surface area contributed by atoms with Crippen molar-refractivity contribution in [3.05, 3.63) is 80.5 Å². The van der Waals surface area contributed by atoms with Crippen molar-refractivity contribution in [1.29, 1.82) is 0 Å². The van der Waals surface area contributed by atoms with Crippen molar-refractivity contribution >= 4 is 24.2 Å². The Morgan fingerprint density at radius 2 is 1.74 bits per heavy atom. The van der Waals surface area contributed by atoms with Crippen LogP contribution in [0.4, 0.5) is 5.69 Å². The molecule has 0 bridgehead atoms. The van der Waals surface area contributed by atoms with E-state index in [9.17, 15) is 10.1 Å². The number of nitrogens with zero attached hydrogens (tertiary/aromatic N) is 4. The summed E-state index contributed by atoms with van der Waals surface area (Å²) in [4.78, 5) is 12.9. The molecule has 9 heteroatoms. The third-order valence-electron chi connectivity index (χ3n) is 5.96. The highest BCUT2D eigenvalue weighted by molar-refractivity contribution is 5.87. The molecule has 1 aliphatic heterocycles. The number of ether oxygens (including phenoxy) is 3. The summed E-state index contributed by atoms with van der Waals surface area (Å²) >= 11 is 0. The molecule has 0 unspecified atom stereocenters. The highest BCUT2D eigenvalue weighted by Gasteiger charge is 2.25. The van der Waals surface area contributed by atoms with Gasteiger partial charge in [0, 0.05) is 36.5 Å². The number of hydrogen-bond donors (Lipinski definition) is 0. The van der Waals surface area contributed by atoms with E-state index in [0.717, 1.165) is 48.3 Å². The fourth-order valence-corrected chi connectivity index (χ4v) is 4.20. The first kappa shape index (κ1) is 24.2. The van der Waals surface area contributed by atoms with E-state index < -0.39 is 0 Å². The highest BCUT2D eigenvalue weighted by Crippen LogP contribution is 2.35. The molecule has 0 spiro atoms. The molecule has 1 saturated heterocycles. The Kier molecular flexibility index (Phi) is 7.89. The Morgan fingerprint density at radius 3 is 2.43 bits per heavy atom. The summed E-state index contributed by atoms with van der Waals surface area (Å²) in [6, 6.07) is 12.1. The molecular weight excluding hydrogens is 448 g/mol. The van der Waals surface area contributed by atoms with Crippen LogP contribution in [0.15, 0.2) is 69.5 Å². The SMILES string of the molecule is COc1ccc(OC)c(C=NN=CC2=C(N3CCOCC3)C(=Cc3ccc([N+](=O)[O-])cc3)CC2)c1. The monoisotopic (exact) mass is 476 g/mol. The first-order chi connectivity index (χ1) is 17.1. The van der Waals surface area contributed by atoms with Gasteiger partial charge in [0.25, 0.3) is 5.69 Å². The van der Waals surface area contributed by atoms with Crippen LogP contribution in [-0.4, -0.2) is 62.8 Å². The van der Waals surface area contributed by atoms with Crippen LogP contribution in [-0.2, 0) is 4.74 Å². The zero-order valence-corrected chi connectivity index (χ0v) is 19.8. The van der Waals surface area contributed by atoms with Gasteiger partial charge in [0.05, 0.1) is 44.8 Å². The predicted octanol–water partition coefficient (Wildman–Crippen LogP) is 4.48. The summed E-state index contributed by atoms with van der Waals surface area (Å²) in [5.41, 5.74) is 5.22. The Labute approximate surface area is 204 Å². The number of morpholine rings is 1. The van der Waals surface area contributed by atoms with Crippen molar-refractivity contribution in [2.24, 2.45) is 10.2 Å². The standard InChI is InChI=1S/C26H28N4O5/c1-33-24-9-10-25(34-2)22(16-24)18-28-27-17-21-6-5-20(26(21)29-11-13-35-14-12-29)15-19-3-7-23(8-4-19)30(31)32/h3-4,7-10,15-18H,5-6,11-14H2,1-2H3. The Hall–Kier alpha value is -3.98. The lowest BCUT2D eigenvalue weighted by Crippen LogP contribution is -2.36. The van der Waals surface area contributed by atoms with Crippen LogP contribution >= 0.6 is 0 Å². The smallest absolute Gasteiger partial charge is 0.269 e. The van der Waals surface area contributed by atoms with Gasteiger partial charge < -0.3 is 19.1 Å². The molecule has 4 rings (SSSR count). The van der Waals surface area contributed by atoms with E-state index >= 15 is 0 Å². The average molecular weight is 477 g/mol. The van der Waals surface area contributed by atoms with Gasteiger partial charge in [-0.1, -0.05) is 0 Å². The third kappa shape index (κ3) is 5.93. The van der Waals surface area contributed by atoms with E-state index in [1.54, 1.807) is 32.6 Å². The van der Waals surface area contributed by atoms with E-state index in [2.05, 4.69) is 21.2 Å². The quantitative estimate of drug-likeness (QED) is 0.316. The lowest BCUT2D eigenvalue weighted by molar-refractivity contribution is -0.384. The lowest BCUT2D eigenvalue weighted by Gasteiger charge is -2.31. The fourth-order valence-electron chi connectivity index (χ4n) is 4.20. The van der Waals surface area contributed by atoms with E-state index in [-0.39, 0.29) is 10.6 Å². The Balaban J connectivity index is 1.60. The number of hydrogen-bond acceptors (Lipinski definition) is 8. The van der Waals surface area contributed by atoms with Crippen molar-refractivity contribution in [1.82, 2.24) is 4.90 Å². The number of benzene rings is 2. The van der Waals surface area contributed by atoms with Gasteiger partial charge in [0.15, 0.2) is 0 Å². The number of allylic oxidation sites excluding steroid dienone is 2. The van der Waals surface area contributed by atoms with Gasteiger partial charge in [0.1, 0.15) is 11.5 Å². The molecule has 0 atom stereocenters. The molecule has 1 aliphatic carbocycles. The third-order valence-corrected chi connectivity index (χ3v) is 5.96. The lowest BCUT2D eigenvalue weighted by atomic mass is 10.1. The second-order valence-corrected chi connectivity index (χ2v) is 8.09. The molecule has 2 aromatic carbocycles. The topological polar surface area (TPSA) is 98.8 Å². The van der Waals surface area contributed by atoms with Crippen LogP contribution in [0.5, 0.6) is 11.5 Å². The minimum absolute atomic E-state index is 0.0841. The molecule has 0 amide bonds. The maximum absolute atomic E-state index is 11.0. The number of rotatable bonds is 8. The summed E-state index contributed by atoms with van der Waals surface area (Å²) in [6.07, 6.45) is 7.26. The molecule has 0 N–H and O–H groups in total. The molecule has 2 aliphatic rings. The van der Waals surface area contributed by atoms with Crippen LogP contribution in [0.1, 0.15) is 24.0 Å². The molecule has 2 aromatic rings. The molecule has 0 aromatic heterocycles. The van der Waals surface area contributed by atoms with Crippen LogP contribution in [0.25, 0.3) is 6.08 Å². The van der Waals surface area contributed by atoms with Crippen molar-refractivity contribution in [3.8, 4) is 11.5 Å². The van der Waals surface area contributed by atoms with Crippen LogP contribution in [0.2, 0.25) is 0 Å². The van der Waals surface area contributed by atoms with E-state index in [1.165, 1.54) is 17.7 Å². The fraction of sp³-hybridized carbons (Fsp3) is 0.308. The van der Waals surface area contributed by atoms with Crippen molar-refractivity contribution in [2.45, 2.75) is 12.8 Å². The first-order valence-corrected chi connectivity index (χ1v) is 11.4. The summed E-state index contributed by atoms with van der Waals surface area (Å²) in [5, 5.41) is 19.5. The van der Waals surface area contributed by atoms with Gasteiger partial charge in [-0.05, 0) is 66.0 Å². The van der Waals surface area contributed by atoms with Gasteiger partial charge >= 0.3 is 0 Å². The summed E-state index contributed by atoms with van der Waals surface area (Å²) < 4.78 is 16.2. The predicted molar refractivity (Wildman–Crippen MR) is 135 cm³/mol. The molecule has 182 valence electrons. The molecule has 9 nitrogen and oxygen atoms in total. The average Bonchev–Trinajstić information content (AvgIpc) is 3.29. The maximum atomic E-state index is 11.0. The minimum atomic E-state index is -0.387. The maximum Gasteiger partial charge on any atom is 0.269 e. The zero-order chi connectivity index (χ0) is 24.6. The summed E-state index contributed by atoms with van der Waals surface area (Å²) in [6.45, 7) is 2.95. The largest absolute Gasteiger partial charge is 0.497 e. The zero-order valence-electron chi connectivity index (χ0n) is 19.8. The van der Waals surface area contributed by atoms with Gasteiger partial charge in [-0.2, -0.15) is 10.2 Å². The van der Waals surface area contributed by atoms with Crippen LogP contribution in [0, 0.1) is 10.1 Å². The van der Waals surface area contributed by atoms with Crippen molar-refractivity contribution in [3.63, 3.8) is 0 Å². The van der Waals surface area contributed by atoms with E-state index in [0.29, 0.717) is 24.7 Å². The molecule has 0 saturated carbocycles. The van der Waals surface area contributed by atoms with Crippen molar-refractivity contribution in [2.75, 3.05) is 40.5 Å². The first-order valence-electron chi connectivity index (χ1n) is 11.4. The number of methoxy groups -OCH3 is 2. The van der Waals surface area contributed by atoms with Gasteiger partial charge in [-0.25, -0.2) is 0 Å². The highest BCUT2D eigenvalue weighted by atomic mass is 16.6. The molecule has 0 radical (unpaired) electrons. The van der Waals surface area contributed by atoms with E-state index in [1.807, 2.05) is 24.4 Å². The number of nitro benzene ring substituents is 1. The van der Waals surface area contributed by atoms with E-state index in [4.69, 9.17) is 14.2 Å². The van der Waals surface area contributed by atoms with Gasteiger partial charge in [0.2, 0.25) is 0 Å². The number of non-ortho nitro benzene ring substituents is 1. The van der Waals surface area contributed by atoms with Gasteiger partial charge in [-0.3, -0.25) is 10.1 Å². The summed E-state index contributed by atoms with van der Waals surface area (Å²) in [7, 11) is 3.22. The minimum Gasteiger partial charge on any atom is -0.497 e. The van der Waals surface area contributed by atoms with Crippen LogP contribution < -0.4 is 9.47 Å². The molecule has 1 heterocycles. The Morgan fingerprint density at radius 1 is 1.00 bits per heavy atom. The normalized spacial score (nSPS) is 17.7. The second-order valence-electron chi connectivity index (χ2n) is 8.09. The van der Waals surface area contributed by atoms with Crippen LogP contribution in [0.3, 0.4) is 0 Å². The molecule has 35 heavy (non-hydrogen) atoms. The number of nitro groups is 1. The molecule has 1 fully saturated rings. The summed E-state index contributed by atoms with van der Waals surface area (Å²) in [5.74, 6) is 1.40.